The molecule has 6 heteroatoms. The number of hydrogen-bond acceptors (Lipinski definition) is 6. The third-order valence-corrected chi connectivity index (χ3v) is 4.08. The van der Waals surface area contributed by atoms with Gasteiger partial charge in [0.05, 0.1) is 27.8 Å². The molecule has 2 aromatic carbocycles. The Morgan fingerprint density at radius 1 is 1.04 bits per heavy atom. The Balaban J connectivity index is 2.14. The lowest BCUT2D eigenvalue weighted by atomic mass is 9.85. The minimum atomic E-state index is -0.349. The number of carbonyl (C=O) groups is 1. The molecule has 0 fully saturated rings. The maximum absolute atomic E-state index is 12.0. The van der Waals surface area contributed by atoms with Crippen molar-refractivity contribution in [2.45, 2.75) is 12.3 Å². The van der Waals surface area contributed by atoms with E-state index in [-0.39, 0.29) is 24.1 Å². The van der Waals surface area contributed by atoms with Gasteiger partial charge in [-0.15, -0.1) is 0 Å². The van der Waals surface area contributed by atoms with E-state index >= 15 is 0 Å². The zero-order valence-electron chi connectivity index (χ0n) is 13.7. The van der Waals surface area contributed by atoms with Crippen molar-refractivity contribution in [3.05, 3.63) is 41.5 Å². The zero-order valence-corrected chi connectivity index (χ0v) is 13.7. The van der Waals surface area contributed by atoms with Gasteiger partial charge in [0, 0.05) is 23.6 Å². The molecule has 2 aromatic rings. The Kier molecular flexibility index (Phi) is 4.20. The van der Waals surface area contributed by atoms with Crippen LogP contribution in [0.4, 0.5) is 0 Å². The minimum absolute atomic E-state index is 0.0166. The predicted octanol–water partition coefficient (Wildman–Crippen LogP) is 2.86. The van der Waals surface area contributed by atoms with E-state index in [1.54, 1.807) is 31.4 Å². The van der Waals surface area contributed by atoms with Crippen LogP contribution in [0.1, 0.15) is 23.5 Å². The molecule has 1 aliphatic heterocycles. The molecule has 0 amide bonds. The molecule has 0 saturated heterocycles. The van der Waals surface area contributed by atoms with Crippen LogP contribution in [0.2, 0.25) is 0 Å². The van der Waals surface area contributed by atoms with Crippen LogP contribution in [0.3, 0.4) is 0 Å². The lowest BCUT2D eigenvalue weighted by Gasteiger charge is -2.27. The summed E-state index contributed by atoms with van der Waals surface area (Å²) in [5, 5.41) is 10.1. The van der Waals surface area contributed by atoms with Crippen molar-refractivity contribution in [2.24, 2.45) is 0 Å². The van der Waals surface area contributed by atoms with Crippen LogP contribution in [0, 0.1) is 0 Å². The summed E-state index contributed by atoms with van der Waals surface area (Å²) in [7, 11) is 4.57. The number of rotatable bonds is 4. The number of benzene rings is 2. The number of aromatic hydroxyl groups is 1. The third kappa shape index (κ3) is 2.71. The highest BCUT2D eigenvalue weighted by molar-refractivity contribution is 5.79. The molecule has 1 atom stereocenters. The topological polar surface area (TPSA) is 74.2 Å². The largest absolute Gasteiger partial charge is 0.504 e. The quantitative estimate of drug-likeness (QED) is 0.686. The van der Waals surface area contributed by atoms with Crippen molar-refractivity contribution in [3.8, 4) is 28.7 Å². The van der Waals surface area contributed by atoms with E-state index < -0.39 is 0 Å². The van der Waals surface area contributed by atoms with Gasteiger partial charge < -0.3 is 24.1 Å². The predicted molar refractivity (Wildman–Crippen MR) is 86.3 cm³/mol. The molecule has 0 spiro atoms. The molecule has 126 valence electrons. The molecule has 0 unspecified atom stereocenters. The Morgan fingerprint density at radius 3 is 2.42 bits per heavy atom. The van der Waals surface area contributed by atoms with Gasteiger partial charge in [0.2, 0.25) is 0 Å². The van der Waals surface area contributed by atoms with Gasteiger partial charge in [0.15, 0.2) is 11.5 Å². The number of carbonyl (C=O) groups excluding carboxylic acids is 1. The van der Waals surface area contributed by atoms with Gasteiger partial charge in [0.25, 0.3) is 0 Å². The highest BCUT2D eigenvalue weighted by Crippen LogP contribution is 2.47. The average molecular weight is 330 g/mol. The number of ether oxygens (including phenoxy) is 4. The summed E-state index contributed by atoms with van der Waals surface area (Å²) in [6.07, 6.45) is 0.154. The first kappa shape index (κ1) is 16.0. The van der Waals surface area contributed by atoms with Crippen LogP contribution in [0.25, 0.3) is 0 Å². The Labute approximate surface area is 139 Å². The van der Waals surface area contributed by atoms with Crippen LogP contribution >= 0.6 is 0 Å². The van der Waals surface area contributed by atoms with Gasteiger partial charge in [-0.1, -0.05) is 6.07 Å². The number of fused-ring (bicyclic) bond motifs is 1. The van der Waals surface area contributed by atoms with Crippen molar-refractivity contribution in [3.63, 3.8) is 0 Å². The van der Waals surface area contributed by atoms with Gasteiger partial charge in [-0.05, 0) is 17.7 Å². The molecular weight excluding hydrogens is 312 g/mol. The van der Waals surface area contributed by atoms with E-state index in [1.807, 2.05) is 6.07 Å². The number of phenols is 1. The maximum Gasteiger partial charge on any atom is 0.312 e. The monoisotopic (exact) mass is 330 g/mol. The summed E-state index contributed by atoms with van der Waals surface area (Å²) in [5.74, 6) is 1.26. The van der Waals surface area contributed by atoms with E-state index in [0.29, 0.717) is 23.0 Å². The molecule has 0 aliphatic carbocycles. The molecule has 0 aromatic heterocycles. The van der Waals surface area contributed by atoms with Crippen molar-refractivity contribution in [1.29, 1.82) is 0 Å². The smallest absolute Gasteiger partial charge is 0.312 e. The summed E-state index contributed by atoms with van der Waals surface area (Å²) in [4.78, 5) is 12.0. The second kappa shape index (κ2) is 6.31. The van der Waals surface area contributed by atoms with Crippen LogP contribution in [-0.4, -0.2) is 32.4 Å². The third-order valence-electron chi connectivity index (χ3n) is 4.08. The van der Waals surface area contributed by atoms with E-state index in [9.17, 15) is 9.90 Å². The van der Waals surface area contributed by atoms with Crippen molar-refractivity contribution in [1.82, 2.24) is 0 Å². The Hall–Kier alpha value is -2.89. The lowest BCUT2D eigenvalue weighted by molar-refractivity contribution is -0.135. The lowest BCUT2D eigenvalue weighted by Crippen LogP contribution is -2.21. The number of phenolic OH excluding ortho intramolecular Hbond substituents is 1. The highest BCUT2D eigenvalue weighted by Gasteiger charge is 2.32. The van der Waals surface area contributed by atoms with Crippen LogP contribution in [0.15, 0.2) is 30.3 Å². The minimum Gasteiger partial charge on any atom is -0.504 e. The van der Waals surface area contributed by atoms with E-state index in [2.05, 4.69) is 0 Å². The van der Waals surface area contributed by atoms with Crippen LogP contribution in [-0.2, 0) is 4.79 Å². The molecule has 1 N–H and O–H groups in total. The van der Waals surface area contributed by atoms with Crippen molar-refractivity contribution < 1.29 is 28.8 Å². The summed E-state index contributed by atoms with van der Waals surface area (Å²) >= 11 is 0. The summed E-state index contributed by atoms with van der Waals surface area (Å²) in [5.41, 5.74) is 1.53. The summed E-state index contributed by atoms with van der Waals surface area (Å²) < 4.78 is 21.1. The SMILES string of the molecule is COc1cc(OC)c2c(c1)OC(=O)C[C@H]2c1ccc(OC)c(O)c1. The molecule has 0 bridgehead atoms. The molecule has 3 rings (SSSR count). The first-order valence-electron chi connectivity index (χ1n) is 7.40. The molecule has 6 nitrogen and oxygen atoms in total. The van der Waals surface area contributed by atoms with E-state index in [4.69, 9.17) is 18.9 Å². The molecule has 0 radical (unpaired) electrons. The van der Waals surface area contributed by atoms with Gasteiger partial charge in [-0.25, -0.2) is 0 Å². The van der Waals surface area contributed by atoms with Gasteiger partial charge >= 0.3 is 5.97 Å². The Morgan fingerprint density at radius 2 is 1.79 bits per heavy atom. The van der Waals surface area contributed by atoms with Gasteiger partial charge in [-0.3, -0.25) is 4.79 Å². The maximum atomic E-state index is 12.0. The first-order chi connectivity index (χ1) is 11.6. The van der Waals surface area contributed by atoms with Crippen LogP contribution in [0.5, 0.6) is 28.7 Å². The standard InChI is InChI=1S/C18H18O6/c1-21-11-7-15(23-3)18-12(9-17(20)24-16(18)8-11)10-4-5-14(22-2)13(19)6-10/h4-8,12,19H,9H2,1-3H3/t12-/m0/s1. The number of hydrogen-bond donors (Lipinski definition) is 1. The number of esters is 1. The zero-order chi connectivity index (χ0) is 17.3. The number of methoxy groups -OCH3 is 3. The van der Waals surface area contributed by atoms with Crippen LogP contribution < -0.4 is 18.9 Å². The fourth-order valence-corrected chi connectivity index (χ4v) is 2.93. The van der Waals surface area contributed by atoms with Crippen molar-refractivity contribution in [2.75, 3.05) is 21.3 Å². The second-order valence-electron chi connectivity index (χ2n) is 5.40. The van der Waals surface area contributed by atoms with Gasteiger partial charge in [0.1, 0.15) is 17.2 Å². The molecule has 1 heterocycles. The molecule has 24 heavy (non-hydrogen) atoms. The summed E-state index contributed by atoms with van der Waals surface area (Å²) in [6.45, 7) is 0. The second-order valence-corrected chi connectivity index (χ2v) is 5.40. The highest BCUT2D eigenvalue weighted by atomic mass is 16.5. The van der Waals surface area contributed by atoms with Crippen molar-refractivity contribution >= 4 is 5.97 Å². The average Bonchev–Trinajstić information content (AvgIpc) is 2.59. The Bertz CT molecular complexity index is 783. The molecular formula is C18H18O6. The molecule has 0 saturated carbocycles. The fourth-order valence-electron chi connectivity index (χ4n) is 2.93. The normalized spacial score (nSPS) is 16.1. The fraction of sp³-hybridized carbons (Fsp3) is 0.278. The summed E-state index contributed by atoms with van der Waals surface area (Å²) in [6, 6.07) is 8.48. The van der Waals surface area contributed by atoms with E-state index in [1.165, 1.54) is 14.2 Å². The van der Waals surface area contributed by atoms with Gasteiger partial charge in [-0.2, -0.15) is 0 Å². The first-order valence-corrected chi connectivity index (χ1v) is 7.40. The molecule has 1 aliphatic rings. The van der Waals surface area contributed by atoms with E-state index in [0.717, 1.165) is 11.1 Å².